The van der Waals surface area contributed by atoms with Crippen molar-refractivity contribution in [3.8, 4) is 0 Å². The molecule has 3 rings (SSSR count). The Bertz CT molecular complexity index is 524. The van der Waals surface area contributed by atoms with E-state index in [1.807, 2.05) is 13.2 Å². The molecule has 1 saturated heterocycles. The molecule has 1 aromatic carbocycles. The van der Waals surface area contributed by atoms with Crippen molar-refractivity contribution in [2.75, 3.05) is 6.54 Å². The number of aryl methyl sites for hydroxylation is 1. The lowest BCUT2D eigenvalue weighted by Crippen LogP contribution is -2.13. The van der Waals surface area contributed by atoms with Crippen molar-refractivity contribution < 1.29 is 0 Å². The van der Waals surface area contributed by atoms with E-state index in [0.29, 0.717) is 6.04 Å². The monoisotopic (exact) mass is 234 g/mol. The van der Waals surface area contributed by atoms with Crippen LogP contribution in [0.4, 0.5) is 0 Å². The fourth-order valence-corrected chi connectivity index (χ4v) is 3.01. The second-order valence-corrected chi connectivity index (χ2v) is 4.89. The maximum atomic E-state index is 6.31. The van der Waals surface area contributed by atoms with Gasteiger partial charge in [0, 0.05) is 30.2 Å². The van der Waals surface area contributed by atoms with Crippen LogP contribution in [0.2, 0.25) is 5.02 Å². The molecule has 3 heteroatoms. The van der Waals surface area contributed by atoms with E-state index in [1.165, 1.54) is 29.3 Å². The summed E-state index contributed by atoms with van der Waals surface area (Å²) in [5, 5.41) is 5.61. The van der Waals surface area contributed by atoms with E-state index < -0.39 is 0 Å². The van der Waals surface area contributed by atoms with Gasteiger partial charge in [0.2, 0.25) is 0 Å². The predicted molar refractivity (Wildman–Crippen MR) is 67.9 cm³/mol. The molecule has 1 aromatic heterocycles. The molecule has 0 bridgehead atoms. The van der Waals surface area contributed by atoms with Crippen LogP contribution in [0.15, 0.2) is 24.4 Å². The Morgan fingerprint density at radius 1 is 1.44 bits per heavy atom. The zero-order valence-electron chi connectivity index (χ0n) is 9.33. The zero-order valence-corrected chi connectivity index (χ0v) is 10.1. The first kappa shape index (κ1) is 10.2. The SMILES string of the molecule is Cn1cc(Cl)c2c(C3CCCN3)cccc21. The number of hydrogen-bond donors (Lipinski definition) is 1. The normalized spacial score (nSPS) is 20.8. The minimum absolute atomic E-state index is 0.476. The standard InChI is InChI=1S/C13H15ClN2/c1-16-8-10(14)13-9(4-2-6-12(13)16)11-5-3-7-15-11/h2,4,6,8,11,15H,3,5,7H2,1H3. The second-order valence-electron chi connectivity index (χ2n) is 4.48. The van der Waals surface area contributed by atoms with Crippen molar-refractivity contribution in [2.24, 2.45) is 7.05 Å². The highest BCUT2D eigenvalue weighted by Crippen LogP contribution is 2.34. The number of benzene rings is 1. The van der Waals surface area contributed by atoms with Crippen LogP contribution in [-0.2, 0) is 7.05 Å². The van der Waals surface area contributed by atoms with E-state index in [0.717, 1.165) is 11.6 Å². The Morgan fingerprint density at radius 3 is 3.06 bits per heavy atom. The van der Waals surface area contributed by atoms with Crippen LogP contribution in [0.1, 0.15) is 24.4 Å². The van der Waals surface area contributed by atoms with Gasteiger partial charge in [-0.2, -0.15) is 0 Å². The topological polar surface area (TPSA) is 17.0 Å². The van der Waals surface area contributed by atoms with E-state index >= 15 is 0 Å². The van der Waals surface area contributed by atoms with Crippen LogP contribution in [0.25, 0.3) is 10.9 Å². The van der Waals surface area contributed by atoms with Gasteiger partial charge < -0.3 is 9.88 Å². The molecule has 1 fully saturated rings. The number of rotatable bonds is 1. The predicted octanol–water partition coefficient (Wildman–Crippen LogP) is 3.26. The third kappa shape index (κ3) is 1.45. The minimum atomic E-state index is 0.476. The molecule has 2 aromatic rings. The largest absolute Gasteiger partial charge is 0.349 e. The summed E-state index contributed by atoms with van der Waals surface area (Å²) in [6, 6.07) is 6.91. The molecule has 0 amide bonds. The average molecular weight is 235 g/mol. The first-order valence-corrected chi connectivity index (χ1v) is 6.12. The maximum Gasteiger partial charge on any atom is 0.0664 e. The zero-order chi connectivity index (χ0) is 11.1. The van der Waals surface area contributed by atoms with Crippen LogP contribution in [-0.4, -0.2) is 11.1 Å². The molecule has 1 aliphatic heterocycles. The van der Waals surface area contributed by atoms with Crippen molar-refractivity contribution >= 4 is 22.5 Å². The van der Waals surface area contributed by atoms with Crippen molar-refractivity contribution in [2.45, 2.75) is 18.9 Å². The summed E-state index contributed by atoms with van der Waals surface area (Å²) in [6.45, 7) is 1.12. The fraction of sp³-hybridized carbons (Fsp3) is 0.385. The van der Waals surface area contributed by atoms with Gasteiger partial charge in [0.15, 0.2) is 0 Å². The van der Waals surface area contributed by atoms with E-state index in [9.17, 15) is 0 Å². The average Bonchev–Trinajstić information content (AvgIpc) is 2.88. The van der Waals surface area contributed by atoms with Crippen molar-refractivity contribution in [1.29, 1.82) is 0 Å². The van der Waals surface area contributed by atoms with E-state index in [4.69, 9.17) is 11.6 Å². The van der Waals surface area contributed by atoms with Crippen molar-refractivity contribution in [3.63, 3.8) is 0 Å². The second kappa shape index (κ2) is 3.79. The minimum Gasteiger partial charge on any atom is -0.349 e. The molecule has 2 heterocycles. The maximum absolute atomic E-state index is 6.31. The summed E-state index contributed by atoms with van der Waals surface area (Å²) in [6.07, 6.45) is 4.46. The van der Waals surface area contributed by atoms with Crippen molar-refractivity contribution in [1.82, 2.24) is 9.88 Å². The van der Waals surface area contributed by atoms with Crippen LogP contribution >= 0.6 is 11.6 Å². The molecular weight excluding hydrogens is 220 g/mol. The van der Waals surface area contributed by atoms with Gasteiger partial charge in [0.05, 0.1) is 5.02 Å². The van der Waals surface area contributed by atoms with Crippen LogP contribution in [0, 0.1) is 0 Å². The first-order valence-electron chi connectivity index (χ1n) is 5.74. The molecule has 1 atom stereocenters. The van der Waals surface area contributed by atoms with Gasteiger partial charge in [-0.3, -0.25) is 0 Å². The van der Waals surface area contributed by atoms with E-state index in [1.54, 1.807) is 0 Å². The van der Waals surface area contributed by atoms with E-state index in [2.05, 4.69) is 28.1 Å². The number of halogens is 1. The molecule has 0 radical (unpaired) electrons. The lowest BCUT2D eigenvalue weighted by atomic mass is 10.0. The molecule has 2 nitrogen and oxygen atoms in total. The summed E-state index contributed by atoms with van der Waals surface area (Å²) in [5.74, 6) is 0. The summed E-state index contributed by atoms with van der Waals surface area (Å²) in [7, 11) is 2.04. The Labute approximate surface area is 100 Å². The molecule has 1 unspecified atom stereocenters. The first-order chi connectivity index (χ1) is 7.77. The van der Waals surface area contributed by atoms with Crippen molar-refractivity contribution in [3.05, 3.63) is 35.0 Å². The number of fused-ring (bicyclic) bond motifs is 1. The van der Waals surface area contributed by atoms with E-state index in [-0.39, 0.29) is 0 Å². The Morgan fingerprint density at radius 2 is 2.31 bits per heavy atom. The van der Waals surface area contributed by atoms with Gasteiger partial charge in [-0.1, -0.05) is 23.7 Å². The van der Waals surface area contributed by atoms with Gasteiger partial charge in [-0.15, -0.1) is 0 Å². The smallest absolute Gasteiger partial charge is 0.0664 e. The Balaban J connectivity index is 2.23. The summed E-state index contributed by atoms with van der Waals surface area (Å²) >= 11 is 6.31. The van der Waals surface area contributed by atoms with Crippen LogP contribution in [0.5, 0.6) is 0 Å². The fourth-order valence-electron chi connectivity index (χ4n) is 2.66. The number of hydrogen-bond acceptors (Lipinski definition) is 1. The number of nitrogens with zero attached hydrogens (tertiary/aromatic N) is 1. The lowest BCUT2D eigenvalue weighted by molar-refractivity contribution is 0.653. The highest BCUT2D eigenvalue weighted by Gasteiger charge is 2.20. The van der Waals surface area contributed by atoms with Gasteiger partial charge >= 0.3 is 0 Å². The third-order valence-electron chi connectivity index (χ3n) is 3.44. The Kier molecular flexibility index (Phi) is 2.41. The quantitative estimate of drug-likeness (QED) is 0.802. The molecule has 16 heavy (non-hydrogen) atoms. The van der Waals surface area contributed by atoms with Gasteiger partial charge in [0.1, 0.15) is 0 Å². The van der Waals surface area contributed by atoms with Crippen LogP contribution < -0.4 is 5.32 Å². The highest BCUT2D eigenvalue weighted by atomic mass is 35.5. The number of nitrogens with one attached hydrogen (secondary N) is 1. The van der Waals surface area contributed by atoms with Gasteiger partial charge in [0.25, 0.3) is 0 Å². The molecule has 1 aliphatic rings. The summed E-state index contributed by atoms with van der Waals surface area (Å²) < 4.78 is 2.09. The highest BCUT2D eigenvalue weighted by molar-refractivity contribution is 6.36. The third-order valence-corrected chi connectivity index (χ3v) is 3.72. The van der Waals surface area contributed by atoms with Gasteiger partial charge in [-0.25, -0.2) is 0 Å². The summed E-state index contributed by atoms with van der Waals surface area (Å²) in [4.78, 5) is 0. The molecule has 0 aliphatic carbocycles. The Hall–Kier alpha value is -0.990. The molecule has 1 N–H and O–H groups in total. The van der Waals surface area contributed by atoms with Crippen LogP contribution in [0.3, 0.4) is 0 Å². The lowest BCUT2D eigenvalue weighted by Gasteiger charge is -2.12. The molecule has 0 spiro atoms. The molecule has 84 valence electrons. The number of aromatic nitrogens is 1. The molecular formula is C13H15ClN2. The summed E-state index contributed by atoms with van der Waals surface area (Å²) in [5.41, 5.74) is 2.57. The van der Waals surface area contributed by atoms with Gasteiger partial charge in [-0.05, 0) is 31.0 Å². The molecule has 0 saturated carbocycles.